The number of anilines is 2. The van der Waals surface area contributed by atoms with Crippen LogP contribution in [-0.2, 0) is 15.5 Å². The lowest BCUT2D eigenvalue weighted by Gasteiger charge is -2.23. The minimum absolute atomic E-state index is 0.0828. The van der Waals surface area contributed by atoms with E-state index < -0.39 is 59.1 Å². The predicted molar refractivity (Wildman–Crippen MR) is 147 cm³/mol. The number of carbonyl (C=O) groups excluding carboxylic acids is 2. The molecule has 0 heterocycles. The minimum Gasteiger partial charge on any atom is -0.335 e. The Kier molecular flexibility index (Phi) is 9.81. The Bertz CT molecular complexity index is 1510. The SMILES string of the molecule is CC(CCN(C=O)c1ccc(-c2cccc(F)c2P(C)(C)=O)c(Cl)c1F)NC(=O)Nc1ccc(C(F)(F)F)cc1F. The summed E-state index contributed by atoms with van der Waals surface area (Å²) in [6, 6.07) is 6.70. The molecule has 3 rings (SSSR count). The van der Waals surface area contributed by atoms with Crippen molar-refractivity contribution in [3.8, 4) is 11.1 Å². The molecule has 1 unspecified atom stereocenters. The second-order valence-corrected chi connectivity index (χ2v) is 13.1. The third-order valence-corrected chi connectivity index (χ3v) is 7.94. The number of hydrogen-bond acceptors (Lipinski definition) is 3. The van der Waals surface area contributed by atoms with Crippen molar-refractivity contribution in [2.45, 2.75) is 25.6 Å². The Balaban J connectivity index is 1.71. The Labute approximate surface area is 237 Å². The maximum Gasteiger partial charge on any atom is 0.416 e. The molecule has 0 aliphatic carbocycles. The van der Waals surface area contributed by atoms with Crippen molar-refractivity contribution in [2.75, 3.05) is 30.1 Å². The molecule has 3 amide bonds. The molecule has 0 saturated heterocycles. The van der Waals surface area contributed by atoms with Crippen molar-refractivity contribution < 1.29 is 40.5 Å². The van der Waals surface area contributed by atoms with Crippen molar-refractivity contribution in [1.82, 2.24) is 5.32 Å². The summed E-state index contributed by atoms with van der Waals surface area (Å²) in [4.78, 5) is 25.0. The number of amides is 3. The number of carbonyl (C=O) groups is 2. The summed E-state index contributed by atoms with van der Waals surface area (Å²) in [5, 5.41) is 4.06. The molecule has 3 aromatic carbocycles. The van der Waals surface area contributed by atoms with Crippen LogP contribution < -0.4 is 20.8 Å². The van der Waals surface area contributed by atoms with E-state index in [4.69, 9.17) is 11.6 Å². The molecular formula is C27H25ClF6N3O3P. The molecular weight excluding hydrogens is 595 g/mol. The van der Waals surface area contributed by atoms with E-state index in [0.29, 0.717) is 12.5 Å². The summed E-state index contributed by atoms with van der Waals surface area (Å²) >= 11 is 6.28. The van der Waals surface area contributed by atoms with Crippen LogP contribution in [0.4, 0.5) is 42.5 Å². The fourth-order valence-corrected chi connectivity index (χ4v) is 5.68. The third-order valence-electron chi connectivity index (χ3n) is 6.04. The zero-order valence-electron chi connectivity index (χ0n) is 22.0. The first-order valence-corrected chi connectivity index (χ1v) is 15.0. The van der Waals surface area contributed by atoms with Crippen LogP contribution in [0.15, 0.2) is 48.5 Å². The summed E-state index contributed by atoms with van der Waals surface area (Å²) in [5.41, 5.74) is -1.65. The van der Waals surface area contributed by atoms with Crippen LogP contribution in [0.2, 0.25) is 5.02 Å². The van der Waals surface area contributed by atoms with E-state index in [2.05, 4.69) is 10.6 Å². The van der Waals surface area contributed by atoms with E-state index in [1.807, 2.05) is 0 Å². The third kappa shape index (κ3) is 7.62. The van der Waals surface area contributed by atoms with Crippen LogP contribution in [0.5, 0.6) is 0 Å². The average Bonchev–Trinajstić information content (AvgIpc) is 2.86. The van der Waals surface area contributed by atoms with Crippen LogP contribution in [0.25, 0.3) is 11.1 Å². The van der Waals surface area contributed by atoms with Crippen molar-refractivity contribution in [3.05, 3.63) is 76.6 Å². The summed E-state index contributed by atoms with van der Waals surface area (Å²) in [6.45, 7) is 4.18. The highest BCUT2D eigenvalue weighted by atomic mass is 35.5. The van der Waals surface area contributed by atoms with Crippen LogP contribution in [-0.4, -0.2) is 38.4 Å². The zero-order valence-corrected chi connectivity index (χ0v) is 23.6. The van der Waals surface area contributed by atoms with Gasteiger partial charge in [-0.2, -0.15) is 13.2 Å². The van der Waals surface area contributed by atoms with Crippen LogP contribution in [0.3, 0.4) is 0 Å². The number of urea groups is 1. The highest BCUT2D eigenvalue weighted by Gasteiger charge is 2.31. The van der Waals surface area contributed by atoms with E-state index in [0.717, 1.165) is 17.0 Å². The minimum atomic E-state index is -4.75. The molecule has 0 aromatic heterocycles. The Hall–Kier alpha value is -3.50. The molecule has 0 fully saturated rings. The van der Waals surface area contributed by atoms with Gasteiger partial charge in [0, 0.05) is 18.2 Å². The van der Waals surface area contributed by atoms with Gasteiger partial charge in [-0.25, -0.2) is 18.0 Å². The maximum absolute atomic E-state index is 15.3. The molecule has 1 atom stereocenters. The molecule has 3 aromatic rings. The first-order valence-electron chi connectivity index (χ1n) is 12.0. The van der Waals surface area contributed by atoms with Gasteiger partial charge in [0.25, 0.3) is 0 Å². The number of rotatable bonds is 9. The maximum atomic E-state index is 15.3. The molecule has 0 aliphatic heterocycles. The molecule has 0 saturated carbocycles. The van der Waals surface area contributed by atoms with E-state index in [-0.39, 0.29) is 41.2 Å². The van der Waals surface area contributed by atoms with Crippen molar-refractivity contribution in [3.63, 3.8) is 0 Å². The molecule has 6 nitrogen and oxygen atoms in total. The largest absolute Gasteiger partial charge is 0.416 e. The second kappa shape index (κ2) is 12.6. The smallest absolute Gasteiger partial charge is 0.335 e. The predicted octanol–water partition coefficient (Wildman–Crippen LogP) is 7.25. The van der Waals surface area contributed by atoms with Gasteiger partial charge in [0.15, 0.2) is 5.82 Å². The van der Waals surface area contributed by atoms with Crippen LogP contribution >= 0.6 is 18.7 Å². The monoisotopic (exact) mass is 619 g/mol. The zero-order chi connectivity index (χ0) is 30.7. The first-order chi connectivity index (χ1) is 19.0. The molecule has 0 spiro atoms. The Morgan fingerprint density at radius 2 is 1.73 bits per heavy atom. The van der Waals surface area contributed by atoms with Gasteiger partial charge in [0.1, 0.15) is 18.8 Å². The van der Waals surface area contributed by atoms with E-state index in [1.165, 1.54) is 44.5 Å². The Morgan fingerprint density at radius 3 is 2.32 bits per heavy atom. The highest BCUT2D eigenvalue weighted by Crippen LogP contribution is 2.43. The normalized spacial score (nSPS) is 12.5. The van der Waals surface area contributed by atoms with Gasteiger partial charge in [0.2, 0.25) is 6.41 Å². The van der Waals surface area contributed by atoms with Crippen LogP contribution in [0, 0.1) is 17.5 Å². The summed E-state index contributed by atoms with van der Waals surface area (Å²) in [6.07, 6.45) is -4.32. The molecule has 220 valence electrons. The van der Waals surface area contributed by atoms with Gasteiger partial charge in [0.05, 0.1) is 27.3 Å². The fourth-order valence-electron chi connectivity index (χ4n) is 4.06. The van der Waals surface area contributed by atoms with Crippen molar-refractivity contribution in [1.29, 1.82) is 0 Å². The average molecular weight is 620 g/mol. The number of hydrogen-bond donors (Lipinski definition) is 2. The standard InChI is InChI=1S/C27H25ClF6N3O3P/c1-15(35-26(39)36-21-9-7-16(13-20(21)30)27(32,33)34)11-12-37(14-38)22-10-8-17(23(28)24(22)31)18-5-4-6-19(29)25(18)41(2,3)40/h4-10,13-15H,11-12H2,1-3H3,(H2,35,36,39). The second-order valence-electron chi connectivity index (χ2n) is 9.53. The molecule has 2 N–H and O–H groups in total. The number of halogens is 7. The number of nitrogens with zero attached hydrogens (tertiary/aromatic N) is 1. The molecule has 0 bridgehead atoms. The van der Waals surface area contributed by atoms with E-state index in [1.54, 1.807) is 0 Å². The van der Waals surface area contributed by atoms with Gasteiger partial charge in [-0.15, -0.1) is 0 Å². The molecule has 14 heteroatoms. The first kappa shape index (κ1) is 32.0. The highest BCUT2D eigenvalue weighted by molar-refractivity contribution is 7.70. The van der Waals surface area contributed by atoms with Gasteiger partial charge in [-0.05, 0) is 62.6 Å². The Morgan fingerprint density at radius 1 is 1.05 bits per heavy atom. The fraction of sp³-hybridized carbons (Fsp3) is 0.259. The summed E-state index contributed by atoms with van der Waals surface area (Å²) < 4.78 is 94.7. The number of benzene rings is 3. The van der Waals surface area contributed by atoms with Gasteiger partial charge in [-0.3, -0.25) is 4.79 Å². The van der Waals surface area contributed by atoms with Gasteiger partial charge in [-0.1, -0.05) is 29.8 Å². The van der Waals surface area contributed by atoms with Crippen LogP contribution in [0.1, 0.15) is 18.9 Å². The lowest BCUT2D eigenvalue weighted by atomic mass is 10.0. The van der Waals surface area contributed by atoms with Gasteiger partial charge >= 0.3 is 12.2 Å². The molecule has 41 heavy (non-hydrogen) atoms. The quantitative estimate of drug-likeness (QED) is 0.150. The van der Waals surface area contributed by atoms with E-state index >= 15 is 4.39 Å². The topological polar surface area (TPSA) is 78.5 Å². The summed E-state index contributed by atoms with van der Waals surface area (Å²) in [7, 11) is -3.13. The van der Waals surface area contributed by atoms with E-state index in [9.17, 15) is 36.1 Å². The molecule has 0 aliphatic rings. The lowest BCUT2D eigenvalue weighted by molar-refractivity contribution is -0.137. The lowest BCUT2D eigenvalue weighted by Crippen LogP contribution is -2.38. The molecule has 0 radical (unpaired) electrons. The number of nitrogens with one attached hydrogen (secondary N) is 2. The van der Waals surface area contributed by atoms with Gasteiger partial charge < -0.3 is 20.1 Å². The van der Waals surface area contributed by atoms with Crippen molar-refractivity contribution in [2.24, 2.45) is 0 Å². The summed E-state index contributed by atoms with van der Waals surface area (Å²) in [5.74, 6) is -2.99. The number of alkyl halides is 3. The van der Waals surface area contributed by atoms with Crippen molar-refractivity contribution >= 4 is 47.9 Å².